The molecule has 108 valence electrons. The van der Waals surface area contributed by atoms with Gasteiger partial charge < -0.3 is 10.6 Å². The molecule has 21 heavy (non-hydrogen) atoms. The Balaban J connectivity index is 1.81. The third kappa shape index (κ3) is 4.76. The number of rotatable bonds is 4. The fourth-order valence-electron chi connectivity index (χ4n) is 1.86. The van der Waals surface area contributed by atoms with E-state index in [1.54, 1.807) is 18.3 Å². The van der Waals surface area contributed by atoms with Gasteiger partial charge in [0, 0.05) is 12.7 Å². The molecule has 2 rings (SSSR count). The highest BCUT2D eigenvalue weighted by molar-refractivity contribution is 5.76. The Labute approximate surface area is 123 Å². The summed E-state index contributed by atoms with van der Waals surface area (Å²) in [5.41, 5.74) is 2.90. The highest BCUT2D eigenvalue weighted by Crippen LogP contribution is 2.08. The van der Waals surface area contributed by atoms with Gasteiger partial charge >= 0.3 is 6.03 Å². The number of aryl methyl sites for hydroxylation is 1. The van der Waals surface area contributed by atoms with Gasteiger partial charge in [0.05, 0.1) is 0 Å². The summed E-state index contributed by atoms with van der Waals surface area (Å²) in [5.74, 6) is -0.311. The van der Waals surface area contributed by atoms with Crippen molar-refractivity contribution in [3.05, 3.63) is 77.2 Å². The third-order valence-corrected chi connectivity index (χ3v) is 3.01. The Morgan fingerprint density at radius 3 is 2.76 bits per heavy atom. The first-order chi connectivity index (χ1) is 10.1. The standard InChI is InChI=1S/C17H17FN2O/c1-13-5-2-3-7-15(13)9-10-19-17(21)20-12-14-6-4-8-16(18)11-14/h2-11H,12H2,1H3,(H2,19,20,21)/b10-9+. The van der Waals surface area contributed by atoms with Crippen LogP contribution in [0, 0.1) is 12.7 Å². The second-order valence-electron chi connectivity index (χ2n) is 4.65. The van der Waals surface area contributed by atoms with Crippen LogP contribution in [0.1, 0.15) is 16.7 Å². The van der Waals surface area contributed by atoms with Gasteiger partial charge in [-0.1, -0.05) is 36.4 Å². The molecule has 0 aromatic heterocycles. The average Bonchev–Trinajstić information content (AvgIpc) is 2.47. The van der Waals surface area contributed by atoms with Gasteiger partial charge in [0.15, 0.2) is 0 Å². The lowest BCUT2D eigenvalue weighted by atomic mass is 10.1. The van der Waals surface area contributed by atoms with Gasteiger partial charge in [-0.2, -0.15) is 0 Å². The van der Waals surface area contributed by atoms with Crippen molar-refractivity contribution >= 4 is 12.1 Å². The largest absolute Gasteiger partial charge is 0.334 e. The summed E-state index contributed by atoms with van der Waals surface area (Å²) >= 11 is 0. The van der Waals surface area contributed by atoms with Crippen molar-refractivity contribution in [2.45, 2.75) is 13.5 Å². The minimum absolute atomic E-state index is 0.280. The molecule has 4 heteroatoms. The number of nitrogens with one attached hydrogen (secondary N) is 2. The molecular formula is C17H17FN2O. The van der Waals surface area contributed by atoms with Crippen molar-refractivity contribution < 1.29 is 9.18 Å². The van der Waals surface area contributed by atoms with Gasteiger partial charge in [0.2, 0.25) is 0 Å². The third-order valence-electron chi connectivity index (χ3n) is 3.01. The second-order valence-corrected chi connectivity index (χ2v) is 4.65. The normalized spacial score (nSPS) is 10.6. The maximum Gasteiger partial charge on any atom is 0.319 e. The van der Waals surface area contributed by atoms with Gasteiger partial charge in [-0.15, -0.1) is 0 Å². The van der Waals surface area contributed by atoms with Gasteiger partial charge in [0.1, 0.15) is 5.82 Å². The monoisotopic (exact) mass is 284 g/mol. The number of benzene rings is 2. The highest BCUT2D eigenvalue weighted by atomic mass is 19.1. The van der Waals surface area contributed by atoms with E-state index in [1.165, 1.54) is 12.1 Å². The molecule has 0 atom stereocenters. The van der Waals surface area contributed by atoms with Crippen LogP contribution in [-0.2, 0) is 6.54 Å². The molecule has 3 nitrogen and oxygen atoms in total. The molecule has 0 aliphatic rings. The Hall–Kier alpha value is -2.62. The number of halogens is 1. The van der Waals surface area contributed by atoms with E-state index < -0.39 is 0 Å². The lowest BCUT2D eigenvalue weighted by Gasteiger charge is -2.05. The topological polar surface area (TPSA) is 41.1 Å². The highest BCUT2D eigenvalue weighted by Gasteiger charge is 1.99. The lowest BCUT2D eigenvalue weighted by Crippen LogP contribution is -2.31. The van der Waals surface area contributed by atoms with E-state index in [2.05, 4.69) is 10.6 Å². The number of hydrogen-bond donors (Lipinski definition) is 2. The quantitative estimate of drug-likeness (QED) is 0.885. The summed E-state index contributed by atoms with van der Waals surface area (Å²) in [6, 6.07) is 13.7. The molecule has 0 bridgehead atoms. The first-order valence-corrected chi connectivity index (χ1v) is 6.66. The summed E-state index contributed by atoms with van der Waals surface area (Å²) < 4.78 is 13.0. The minimum atomic E-state index is -0.330. The summed E-state index contributed by atoms with van der Waals surface area (Å²) in [6.45, 7) is 2.28. The molecule has 2 aromatic carbocycles. The predicted molar refractivity (Wildman–Crippen MR) is 82.0 cm³/mol. The van der Waals surface area contributed by atoms with E-state index in [0.29, 0.717) is 5.56 Å². The van der Waals surface area contributed by atoms with Crippen LogP contribution in [0.15, 0.2) is 54.7 Å². The van der Waals surface area contributed by atoms with Gasteiger partial charge in [-0.25, -0.2) is 9.18 Å². The molecule has 0 heterocycles. The Bertz CT molecular complexity index is 653. The van der Waals surface area contributed by atoms with Crippen molar-refractivity contribution in [1.29, 1.82) is 0 Å². The first-order valence-electron chi connectivity index (χ1n) is 6.66. The molecule has 0 aliphatic carbocycles. The van der Waals surface area contributed by atoms with Gasteiger partial charge in [-0.05, 0) is 41.8 Å². The SMILES string of the molecule is Cc1ccccc1/C=C/NC(=O)NCc1cccc(F)c1. The van der Waals surface area contributed by atoms with Crippen LogP contribution in [0.5, 0.6) is 0 Å². The molecule has 0 saturated carbocycles. The predicted octanol–water partition coefficient (Wildman–Crippen LogP) is 3.60. The van der Waals surface area contributed by atoms with E-state index in [1.807, 2.05) is 37.3 Å². The van der Waals surface area contributed by atoms with E-state index in [-0.39, 0.29) is 18.4 Å². The van der Waals surface area contributed by atoms with Crippen LogP contribution in [-0.4, -0.2) is 6.03 Å². The van der Waals surface area contributed by atoms with Crippen LogP contribution < -0.4 is 10.6 Å². The van der Waals surface area contributed by atoms with Crippen LogP contribution in [0.3, 0.4) is 0 Å². The van der Waals surface area contributed by atoms with Crippen molar-refractivity contribution in [1.82, 2.24) is 10.6 Å². The molecular weight excluding hydrogens is 267 g/mol. The molecule has 0 unspecified atom stereocenters. The van der Waals surface area contributed by atoms with Crippen LogP contribution in [0.2, 0.25) is 0 Å². The van der Waals surface area contributed by atoms with E-state index in [9.17, 15) is 9.18 Å². The summed E-state index contributed by atoms with van der Waals surface area (Å²) in [7, 11) is 0. The Morgan fingerprint density at radius 1 is 1.19 bits per heavy atom. The maximum absolute atomic E-state index is 13.0. The molecule has 0 radical (unpaired) electrons. The second kappa shape index (κ2) is 7.24. The van der Waals surface area contributed by atoms with Crippen LogP contribution >= 0.6 is 0 Å². The summed E-state index contributed by atoms with van der Waals surface area (Å²) in [6.07, 6.45) is 3.42. The van der Waals surface area contributed by atoms with Gasteiger partial charge in [0.25, 0.3) is 0 Å². The molecule has 2 amide bonds. The zero-order valence-corrected chi connectivity index (χ0v) is 11.8. The molecule has 2 N–H and O–H groups in total. The van der Waals surface area contributed by atoms with Gasteiger partial charge in [-0.3, -0.25) is 0 Å². The number of hydrogen-bond acceptors (Lipinski definition) is 1. The van der Waals surface area contributed by atoms with Crippen molar-refractivity contribution in [2.75, 3.05) is 0 Å². The summed E-state index contributed by atoms with van der Waals surface area (Å²) in [4.78, 5) is 11.6. The number of urea groups is 1. The smallest absolute Gasteiger partial charge is 0.319 e. The number of carbonyl (C=O) groups excluding carboxylic acids is 1. The fourth-order valence-corrected chi connectivity index (χ4v) is 1.86. The molecule has 0 fully saturated rings. The van der Waals surface area contributed by atoms with E-state index in [0.717, 1.165) is 11.1 Å². The molecule has 2 aromatic rings. The van der Waals surface area contributed by atoms with Crippen LogP contribution in [0.25, 0.3) is 6.08 Å². The molecule has 0 aliphatic heterocycles. The summed E-state index contributed by atoms with van der Waals surface area (Å²) in [5, 5.41) is 5.28. The fraction of sp³-hybridized carbons (Fsp3) is 0.118. The zero-order valence-electron chi connectivity index (χ0n) is 11.8. The van der Waals surface area contributed by atoms with Crippen molar-refractivity contribution in [3.8, 4) is 0 Å². The molecule has 0 spiro atoms. The van der Waals surface area contributed by atoms with E-state index >= 15 is 0 Å². The Kier molecular flexibility index (Phi) is 5.10. The minimum Gasteiger partial charge on any atom is -0.334 e. The number of carbonyl (C=O) groups is 1. The van der Waals surface area contributed by atoms with E-state index in [4.69, 9.17) is 0 Å². The number of amides is 2. The first kappa shape index (κ1) is 14.8. The Morgan fingerprint density at radius 2 is 2.00 bits per heavy atom. The lowest BCUT2D eigenvalue weighted by molar-refractivity contribution is 0.244. The van der Waals surface area contributed by atoms with Crippen LogP contribution in [0.4, 0.5) is 9.18 Å². The zero-order chi connectivity index (χ0) is 15.1. The average molecular weight is 284 g/mol. The molecule has 0 saturated heterocycles. The van der Waals surface area contributed by atoms with Crippen molar-refractivity contribution in [2.24, 2.45) is 0 Å². The maximum atomic E-state index is 13.0. The van der Waals surface area contributed by atoms with Crippen molar-refractivity contribution in [3.63, 3.8) is 0 Å².